The zero-order valence-electron chi connectivity index (χ0n) is 22.4. The van der Waals surface area contributed by atoms with Gasteiger partial charge in [0.15, 0.2) is 0 Å². The number of aryl methyl sites for hydroxylation is 1. The average Bonchev–Trinajstić information content (AvgIpc) is 2.92. The molecule has 1 heterocycles. The van der Waals surface area contributed by atoms with E-state index in [0.29, 0.717) is 17.4 Å². The van der Waals surface area contributed by atoms with Gasteiger partial charge in [0.2, 0.25) is 0 Å². The molecular formula is C29H26F8O5. The van der Waals surface area contributed by atoms with Crippen LogP contribution in [0.25, 0.3) is 22.1 Å². The number of esters is 1. The monoisotopic (exact) mass is 606 g/mol. The van der Waals surface area contributed by atoms with Gasteiger partial charge in [-0.05, 0) is 42.7 Å². The summed E-state index contributed by atoms with van der Waals surface area (Å²) in [5.74, 6) is -25.8. The van der Waals surface area contributed by atoms with Crippen molar-refractivity contribution in [3.8, 4) is 16.9 Å². The van der Waals surface area contributed by atoms with Crippen LogP contribution >= 0.6 is 0 Å². The molecule has 0 saturated heterocycles. The van der Waals surface area contributed by atoms with E-state index >= 15 is 0 Å². The minimum Gasteiger partial charge on any atom is -0.493 e. The Bertz CT molecular complexity index is 1510. The third-order valence-electron chi connectivity index (χ3n) is 6.39. The lowest BCUT2D eigenvalue weighted by Gasteiger charge is -2.36. The summed E-state index contributed by atoms with van der Waals surface area (Å²) in [7, 11) is 0. The number of ether oxygens (including phenoxy) is 2. The molecule has 0 saturated carbocycles. The van der Waals surface area contributed by atoms with Crippen LogP contribution in [0.5, 0.6) is 5.75 Å². The van der Waals surface area contributed by atoms with Crippen LogP contribution < -0.4 is 10.4 Å². The van der Waals surface area contributed by atoms with Crippen LogP contribution in [0, 0.1) is 0 Å². The summed E-state index contributed by atoms with van der Waals surface area (Å²) >= 11 is 0. The number of benzene rings is 2. The normalized spacial score (nSPS) is 12.8. The van der Waals surface area contributed by atoms with Gasteiger partial charge in [0, 0.05) is 17.0 Å². The third-order valence-corrected chi connectivity index (χ3v) is 6.39. The first kappa shape index (κ1) is 32.6. The van der Waals surface area contributed by atoms with Gasteiger partial charge in [-0.3, -0.25) is 0 Å². The van der Waals surface area contributed by atoms with Gasteiger partial charge in [-0.2, -0.15) is 35.1 Å². The molecule has 0 aliphatic rings. The average molecular weight is 607 g/mol. The molecule has 0 fully saturated rings. The molecule has 0 amide bonds. The van der Waals surface area contributed by atoms with Gasteiger partial charge >= 0.3 is 35.3 Å². The number of carbonyl (C=O) groups excluding carboxylic acids is 1. The topological polar surface area (TPSA) is 65.7 Å². The summed E-state index contributed by atoms with van der Waals surface area (Å²) < 4.78 is 128. The second-order valence-corrected chi connectivity index (χ2v) is 9.48. The van der Waals surface area contributed by atoms with Crippen LogP contribution in [0.3, 0.4) is 0 Å². The van der Waals surface area contributed by atoms with Gasteiger partial charge in [-0.15, -0.1) is 0 Å². The Morgan fingerprint density at radius 2 is 1.45 bits per heavy atom. The van der Waals surface area contributed by atoms with Gasteiger partial charge in [0.25, 0.3) is 0 Å². The Morgan fingerprint density at radius 3 is 2.05 bits per heavy atom. The molecule has 42 heavy (non-hydrogen) atoms. The molecule has 5 nitrogen and oxygen atoms in total. The third kappa shape index (κ3) is 6.44. The van der Waals surface area contributed by atoms with Crippen molar-refractivity contribution in [3.05, 3.63) is 76.7 Å². The van der Waals surface area contributed by atoms with E-state index in [1.807, 2.05) is 19.1 Å². The minimum atomic E-state index is -6.51. The van der Waals surface area contributed by atoms with Gasteiger partial charge < -0.3 is 13.9 Å². The number of fused-ring (bicyclic) bond motifs is 1. The van der Waals surface area contributed by atoms with E-state index in [4.69, 9.17) is 9.15 Å². The molecule has 3 aromatic rings. The molecule has 0 unspecified atom stereocenters. The predicted molar refractivity (Wildman–Crippen MR) is 138 cm³/mol. The number of carbonyl (C=O) groups is 1. The lowest BCUT2D eigenvalue weighted by molar-refractivity contribution is -0.368. The fraction of sp³-hybridized carbons (Fsp3) is 0.379. The second-order valence-electron chi connectivity index (χ2n) is 9.48. The van der Waals surface area contributed by atoms with Crippen LogP contribution in [-0.4, -0.2) is 42.9 Å². The van der Waals surface area contributed by atoms with Crippen LogP contribution in [-0.2, 0) is 16.0 Å². The summed E-state index contributed by atoms with van der Waals surface area (Å²) in [5, 5.41) is 0.413. The number of halogens is 8. The molecule has 0 spiro atoms. The molecule has 0 aliphatic carbocycles. The number of hydrogen-bond acceptors (Lipinski definition) is 5. The molecule has 1 aromatic heterocycles. The summed E-state index contributed by atoms with van der Waals surface area (Å²) in [5.41, 5.74) is 0.765. The van der Waals surface area contributed by atoms with Crippen molar-refractivity contribution in [1.29, 1.82) is 0 Å². The van der Waals surface area contributed by atoms with Gasteiger partial charge in [-0.1, -0.05) is 37.8 Å². The molecule has 0 aliphatic heterocycles. The highest BCUT2D eigenvalue weighted by molar-refractivity contribution is 5.87. The predicted octanol–water partition coefficient (Wildman–Crippen LogP) is 7.84. The smallest absolute Gasteiger partial charge is 0.378 e. The Morgan fingerprint density at radius 1 is 0.857 bits per heavy atom. The van der Waals surface area contributed by atoms with Crippen molar-refractivity contribution in [2.75, 3.05) is 13.2 Å². The molecule has 2 aromatic carbocycles. The van der Waals surface area contributed by atoms with Gasteiger partial charge in [0.1, 0.15) is 11.3 Å². The molecule has 13 heteroatoms. The lowest BCUT2D eigenvalue weighted by atomic mass is 9.95. The van der Waals surface area contributed by atoms with Gasteiger partial charge in [0.05, 0.1) is 31.6 Å². The van der Waals surface area contributed by atoms with Crippen molar-refractivity contribution in [3.63, 3.8) is 0 Å². The second kappa shape index (κ2) is 12.1. The van der Waals surface area contributed by atoms with E-state index in [2.05, 4.69) is 11.3 Å². The van der Waals surface area contributed by atoms with Crippen molar-refractivity contribution >= 4 is 16.9 Å². The van der Waals surface area contributed by atoms with Crippen LogP contribution in [0.1, 0.15) is 32.3 Å². The highest BCUT2D eigenvalue weighted by Crippen LogP contribution is 2.54. The Labute approximate surface area is 234 Å². The molecule has 0 bridgehead atoms. The van der Waals surface area contributed by atoms with Crippen molar-refractivity contribution in [2.45, 2.75) is 56.8 Å². The Kier molecular flexibility index (Phi) is 9.43. The van der Waals surface area contributed by atoms with Gasteiger partial charge in [-0.25, -0.2) is 9.59 Å². The fourth-order valence-corrected chi connectivity index (χ4v) is 3.93. The van der Waals surface area contributed by atoms with Crippen molar-refractivity contribution < 1.29 is 53.8 Å². The van der Waals surface area contributed by atoms with E-state index in [1.165, 1.54) is 18.2 Å². The quantitative estimate of drug-likeness (QED) is 0.0859. The number of hydrogen-bond donors (Lipinski definition) is 0. The Hall–Kier alpha value is -3.90. The number of rotatable bonds is 13. The largest absolute Gasteiger partial charge is 0.493 e. The SMILES string of the molecule is C=C(C)C(=O)OCCC(F)(F)C(F)(F)C(F)(F)C(F)(F)CCOc1ccc2cc(-c3ccccc3CC)c(=O)oc2c1. The zero-order chi connectivity index (χ0) is 31.5. The molecule has 0 radical (unpaired) electrons. The molecule has 3 rings (SSSR count). The van der Waals surface area contributed by atoms with Crippen LogP contribution in [0.15, 0.2) is 69.9 Å². The maximum absolute atomic E-state index is 14.3. The Balaban J connectivity index is 1.71. The zero-order valence-corrected chi connectivity index (χ0v) is 22.4. The fourth-order valence-electron chi connectivity index (χ4n) is 3.93. The van der Waals surface area contributed by atoms with E-state index in [-0.39, 0.29) is 22.5 Å². The molecular weight excluding hydrogens is 580 g/mol. The standard InChI is InChI=1S/C29H26F8O5/c1-4-18-7-5-6-8-21(18)22-15-19-9-10-20(16-23(19)42-25(22)39)40-13-11-26(30,31)28(34,35)29(36,37)27(32,33)12-14-41-24(38)17(2)3/h5-10,15-16H,2,4,11-14H2,1,3H3. The summed E-state index contributed by atoms with van der Waals surface area (Å²) in [6.45, 7) is 3.42. The van der Waals surface area contributed by atoms with E-state index < -0.39 is 61.3 Å². The first-order valence-corrected chi connectivity index (χ1v) is 12.6. The van der Waals surface area contributed by atoms with E-state index in [0.717, 1.165) is 18.6 Å². The highest BCUT2D eigenvalue weighted by atomic mass is 19.4. The van der Waals surface area contributed by atoms with Crippen molar-refractivity contribution in [2.24, 2.45) is 0 Å². The summed E-state index contributed by atoms with van der Waals surface area (Å²) in [6, 6.07) is 12.4. The minimum absolute atomic E-state index is 0.0363. The lowest BCUT2D eigenvalue weighted by Crippen LogP contribution is -2.62. The summed E-state index contributed by atoms with van der Waals surface area (Å²) in [6.07, 6.45) is -3.57. The first-order chi connectivity index (χ1) is 19.4. The van der Waals surface area contributed by atoms with Crippen LogP contribution in [0.4, 0.5) is 35.1 Å². The molecule has 0 N–H and O–H groups in total. The van der Waals surface area contributed by atoms with E-state index in [1.54, 1.807) is 12.1 Å². The van der Waals surface area contributed by atoms with Crippen LogP contribution in [0.2, 0.25) is 0 Å². The van der Waals surface area contributed by atoms with Crippen molar-refractivity contribution in [1.82, 2.24) is 0 Å². The maximum Gasteiger partial charge on any atom is 0.378 e. The molecule has 228 valence electrons. The molecule has 0 atom stereocenters. The highest BCUT2D eigenvalue weighted by Gasteiger charge is 2.79. The number of alkyl halides is 8. The first-order valence-electron chi connectivity index (χ1n) is 12.6. The maximum atomic E-state index is 14.3. The summed E-state index contributed by atoms with van der Waals surface area (Å²) in [4.78, 5) is 23.8. The van der Waals surface area contributed by atoms with E-state index in [9.17, 15) is 44.7 Å².